The molecule has 2 heterocycles. The molecule has 0 N–H and O–H groups in total. The molecule has 0 aliphatic heterocycles. The van der Waals surface area contributed by atoms with Crippen LogP contribution < -0.4 is 4.74 Å². The number of hydrogen-bond acceptors (Lipinski definition) is 3. The first-order chi connectivity index (χ1) is 13.7. The molecule has 0 bridgehead atoms. The standard InChI is InChI=1S/C23H18ClN3O/c1-15-5-4-6-18-21-23(26-20-8-3-2-7-19(20)25-21)27(22(15)18)13-14-28-17-11-9-16(24)10-12-17/h2-12H,13-14H2,1H3. The van der Waals surface area contributed by atoms with Gasteiger partial charge < -0.3 is 9.30 Å². The normalized spacial score (nSPS) is 11.5. The minimum absolute atomic E-state index is 0.531. The maximum atomic E-state index is 5.95. The highest BCUT2D eigenvalue weighted by atomic mass is 35.5. The van der Waals surface area contributed by atoms with Crippen LogP contribution in [0, 0.1) is 6.92 Å². The number of aryl methyl sites for hydroxylation is 1. The van der Waals surface area contributed by atoms with Crippen LogP contribution in [0.25, 0.3) is 33.1 Å². The largest absolute Gasteiger partial charge is 0.492 e. The second-order valence-corrected chi connectivity index (χ2v) is 7.25. The molecule has 0 radical (unpaired) electrons. The highest BCUT2D eigenvalue weighted by Gasteiger charge is 2.15. The number of nitrogens with zero attached hydrogens (tertiary/aromatic N) is 3. The predicted molar refractivity (Wildman–Crippen MR) is 114 cm³/mol. The third-order valence-electron chi connectivity index (χ3n) is 4.97. The van der Waals surface area contributed by atoms with Gasteiger partial charge in [0.2, 0.25) is 0 Å². The number of benzene rings is 3. The van der Waals surface area contributed by atoms with Gasteiger partial charge in [0.15, 0.2) is 5.65 Å². The Morgan fingerprint density at radius 2 is 1.64 bits per heavy atom. The van der Waals surface area contributed by atoms with Gasteiger partial charge in [-0.1, -0.05) is 41.9 Å². The molecule has 3 aromatic carbocycles. The lowest BCUT2D eigenvalue weighted by atomic mass is 10.1. The molecule has 5 heteroatoms. The van der Waals surface area contributed by atoms with Crippen LogP contribution in [0.5, 0.6) is 5.75 Å². The fraction of sp³-hybridized carbons (Fsp3) is 0.130. The van der Waals surface area contributed by atoms with E-state index in [4.69, 9.17) is 26.3 Å². The van der Waals surface area contributed by atoms with Crippen molar-refractivity contribution in [1.29, 1.82) is 0 Å². The van der Waals surface area contributed by atoms with E-state index in [-0.39, 0.29) is 0 Å². The van der Waals surface area contributed by atoms with Gasteiger partial charge in [-0.3, -0.25) is 0 Å². The molecule has 0 unspecified atom stereocenters. The lowest BCUT2D eigenvalue weighted by Gasteiger charge is -2.10. The van der Waals surface area contributed by atoms with Crippen molar-refractivity contribution >= 4 is 44.7 Å². The lowest BCUT2D eigenvalue weighted by molar-refractivity contribution is 0.302. The molecule has 0 aliphatic rings. The predicted octanol–water partition coefficient (Wildman–Crippen LogP) is 5.78. The molecule has 138 valence electrons. The maximum Gasteiger partial charge on any atom is 0.160 e. The average molecular weight is 388 g/mol. The van der Waals surface area contributed by atoms with E-state index >= 15 is 0 Å². The Morgan fingerprint density at radius 3 is 2.43 bits per heavy atom. The molecule has 0 saturated heterocycles. The third kappa shape index (κ3) is 2.86. The summed E-state index contributed by atoms with van der Waals surface area (Å²) >= 11 is 5.95. The quantitative estimate of drug-likeness (QED) is 0.392. The summed E-state index contributed by atoms with van der Waals surface area (Å²) < 4.78 is 8.15. The molecule has 0 atom stereocenters. The zero-order chi connectivity index (χ0) is 19.1. The first-order valence-electron chi connectivity index (χ1n) is 9.23. The van der Waals surface area contributed by atoms with Gasteiger partial charge in [0, 0.05) is 10.4 Å². The first kappa shape index (κ1) is 17.0. The van der Waals surface area contributed by atoms with Gasteiger partial charge in [-0.15, -0.1) is 0 Å². The number of aromatic nitrogens is 3. The summed E-state index contributed by atoms with van der Waals surface area (Å²) in [4.78, 5) is 9.83. The summed E-state index contributed by atoms with van der Waals surface area (Å²) in [6.07, 6.45) is 0. The Hall–Kier alpha value is -3.11. The minimum atomic E-state index is 0.531. The molecule has 0 saturated carbocycles. The van der Waals surface area contributed by atoms with E-state index < -0.39 is 0 Å². The van der Waals surface area contributed by atoms with Crippen molar-refractivity contribution in [3.05, 3.63) is 77.3 Å². The van der Waals surface area contributed by atoms with Gasteiger partial charge in [0.25, 0.3) is 0 Å². The van der Waals surface area contributed by atoms with E-state index in [9.17, 15) is 0 Å². The summed E-state index contributed by atoms with van der Waals surface area (Å²) in [5, 5.41) is 1.83. The Bertz CT molecular complexity index is 1310. The number of halogens is 1. The van der Waals surface area contributed by atoms with Crippen LogP contribution in [0.2, 0.25) is 5.02 Å². The molecule has 0 amide bonds. The van der Waals surface area contributed by atoms with E-state index in [0.29, 0.717) is 18.2 Å². The van der Waals surface area contributed by atoms with Crippen LogP contribution in [0.4, 0.5) is 0 Å². The molecular weight excluding hydrogens is 370 g/mol. The van der Waals surface area contributed by atoms with Crippen molar-refractivity contribution in [1.82, 2.24) is 14.5 Å². The van der Waals surface area contributed by atoms with Crippen LogP contribution in [0.15, 0.2) is 66.7 Å². The maximum absolute atomic E-state index is 5.95. The van der Waals surface area contributed by atoms with Crippen LogP contribution in [0.3, 0.4) is 0 Å². The van der Waals surface area contributed by atoms with Crippen molar-refractivity contribution in [2.45, 2.75) is 13.5 Å². The Morgan fingerprint density at radius 1 is 0.893 bits per heavy atom. The summed E-state index contributed by atoms with van der Waals surface area (Å²) in [5.74, 6) is 0.804. The average Bonchev–Trinajstić information content (AvgIpc) is 3.02. The first-order valence-corrected chi connectivity index (χ1v) is 9.61. The summed E-state index contributed by atoms with van der Waals surface area (Å²) in [5.41, 5.74) is 6.00. The van der Waals surface area contributed by atoms with E-state index in [1.54, 1.807) is 0 Å². The fourth-order valence-electron chi connectivity index (χ4n) is 3.68. The fourth-order valence-corrected chi connectivity index (χ4v) is 3.80. The van der Waals surface area contributed by atoms with E-state index in [2.05, 4.69) is 29.7 Å². The van der Waals surface area contributed by atoms with Crippen LogP contribution in [-0.4, -0.2) is 21.1 Å². The number of fused-ring (bicyclic) bond motifs is 4. The highest BCUT2D eigenvalue weighted by Crippen LogP contribution is 2.30. The molecule has 0 fully saturated rings. The minimum Gasteiger partial charge on any atom is -0.492 e. The van der Waals surface area contributed by atoms with Gasteiger partial charge in [-0.05, 0) is 48.9 Å². The van der Waals surface area contributed by atoms with Crippen molar-refractivity contribution < 1.29 is 4.74 Å². The second-order valence-electron chi connectivity index (χ2n) is 6.81. The molecule has 28 heavy (non-hydrogen) atoms. The molecule has 5 aromatic rings. The van der Waals surface area contributed by atoms with Crippen LogP contribution >= 0.6 is 11.6 Å². The van der Waals surface area contributed by atoms with Gasteiger partial charge in [0.05, 0.1) is 23.1 Å². The number of hydrogen-bond donors (Lipinski definition) is 0. The zero-order valence-corrected chi connectivity index (χ0v) is 16.1. The van der Waals surface area contributed by atoms with E-state index in [1.165, 1.54) is 5.56 Å². The second kappa shape index (κ2) is 6.80. The van der Waals surface area contributed by atoms with Crippen LogP contribution in [-0.2, 0) is 6.54 Å². The summed E-state index contributed by atoms with van der Waals surface area (Å²) in [6.45, 7) is 3.33. The third-order valence-corrected chi connectivity index (χ3v) is 5.22. The summed E-state index contributed by atoms with van der Waals surface area (Å²) in [6, 6.07) is 21.7. The molecule has 0 aliphatic carbocycles. The zero-order valence-electron chi connectivity index (χ0n) is 15.4. The SMILES string of the molecule is Cc1cccc2c3nc4ccccc4nc3n(CCOc3ccc(Cl)cc3)c12. The lowest BCUT2D eigenvalue weighted by Crippen LogP contribution is -2.09. The van der Waals surface area contributed by atoms with Gasteiger partial charge >= 0.3 is 0 Å². The van der Waals surface area contributed by atoms with Crippen LogP contribution in [0.1, 0.15) is 5.56 Å². The number of rotatable bonds is 4. The number of para-hydroxylation sites is 3. The monoisotopic (exact) mass is 387 g/mol. The van der Waals surface area contributed by atoms with Crippen molar-refractivity contribution in [2.24, 2.45) is 0 Å². The molecule has 2 aromatic heterocycles. The molecular formula is C23H18ClN3O. The Labute approximate surface area is 167 Å². The van der Waals surface area contributed by atoms with Gasteiger partial charge in [-0.2, -0.15) is 0 Å². The highest BCUT2D eigenvalue weighted by molar-refractivity contribution is 6.30. The topological polar surface area (TPSA) is 39.9 Å². The smallest absolute Gasteiger partial charge is 0.160 e. The molecule has 4 nitrogen and oxygen atoms in total. The van der Waals surface area contributed by atoms with Crippen molar-refractivity contribution in [2.75, 3.05) is 6.61 Å². The van der Waals surface area contributed by atoms with Crippen molar-refractivity contribution in [3.8, 4) is 5.75 Å². The molecule has 0 spiro atoms. The van der Waals surface area contributed by atoms with Gasteiger partial charge in [0.1, 0.15) is 17.9 Å². The van der Waals surface area contributed by atoms with Crippen molar-refractivity contribution in [3.63, 3.8) is 0 Å². The Balaban J connectivity index is 1.60. The number of ether oxygens (including phenoxy) is 1. The molecule has 5 rings (SSSR count). The summed E-state index contributed by atoms with van der Waals surface area (Å²) in [7, 11) is 0. The van der Waals surface area contributed by atoms with E-state index in [0.717, 1.165) is 38.8 Å². The Kier molecular flexibility index (Phi) is 4.14. The van der Waals surface area contributed by atoms with Gasteiger partial charge in [-0.25, -0.2) is 9.97 Å². The van der Waals surface area contributed by atoms with E-state index in [1.807, 2.05) is 48.5 Å².